The van der Waals surface area contributed by atoms with Crippen LogP contribution in [-0.4, -0.2) is 49.8 Å². The van der Waals surface area contributed by atoms with Gasteiger partial charge in [0.15, 0.2) is 0 Å². The summed E-state index contributed by atoms with van der Waals surface area (Å²) in [4.78, 5) is 29.4. The third kappa shape index (κ3) is 3.15. The van der Waals surface area contributed by atoms with Crippen LogP contribution in [0.1, 0.15) is 33.1 Å². The van der Waals surface area contributed by atoms with Gasteiger partial charge < -0.3 is 4.90 Å². The van der Waals surface area contributed by atoms with Gasteiger partial charge in [-0.05, 0) is 26.7 Å². The Balaban J connectivity index is 2.02. The minimum Gasteiger partial charge on any atom is -0.323 e. The fourth-order valence-corrected chi connectivity index (χ4v) is 3.10. The van der Waals surface area contributed by atoms with Crippen LogP contribution in [0.3, 0.4) is 0 Å². The topological polar surface area (TPSA) is 68.1 Å². The summed E-state index contributed by atoms with van der Waals surface area (Å²) in [6, 6.07) is -0.179. The number of thioether (sulfide) groups is 1. The van der Waals surface area contributed by atoms with Crippen molar-refractivity contribution >= 4 is 23.6 Å². The molecule has 104 valence electrons. The van der Waals surface area contributed by atoms with E-state index in [1.165, 1.54) is 22.8 Å². The molecule has 1 aromatic heterocycles. The lowest BCUT2D eigenvalue weighted by Gasteiger charge is -2.17. The summed E-state index contributed by atoms with van der Waals surface area (Å²) >= 11 is 1.36. The van der Waals surface area contributed by atoms with E-state index in [2.05, 4.69) is 10.1 Å². The first-order chi connectivity index (χ1) is 9.15. The summed E-state index contributed by atoms with van der Waals surface area (Å²) < 4.78 is 1.24. The largest absolute Gasteiger partial charge is 0.346 e. The summed E-state index contributed by atoms with van der Waals surface area (Å²) in [5.74, 6) is 0.261. The molecule has 0 radical (unpaired) electrons. The van der Waals surface area contributed by atoms with Crippen LogP contribution in [0, 0.1) is 0 Å². The highest BCUT2D eigenvalue weighted by molar-refractivity contribution is 8.00. The molecule has 1 aromatic rings. The Morgan fingerprint density at radius 3 is 2.84 bits per heavy atom. The van der Waals surface area contributed by atoms with Crippen molar-refractivity contribution < 1.29 is 9.59 Å². The number of carbonyl (C=O) groups excluding carboxylic acids is 2. The lowest BCUT2D eigenvalue weighted by molar-refractivity contribution is -0.116. The molecule has 0 spiro atoms. The molecular formula is C12H18N4O2S. The van der Waals surface area contributed by atoms with Gasteiger partial charge in [0.05, 0.1) is 5.25 Å². The van der Waals surface area contributed by atoms with Gasteiger partial charge in [0, 0.05) is 19.5 Å². The van der Waals surface area contributed by atoms with Crippen LogP contribution < -0.4 is 0 Å². The maximum atomic E-state index is 12.0. The summed E-state index contributed by atoms with van der Waals surface area (Å²) in [6.45, 7) is 5.12. The van der Waals surface area contributed by atoms with Crippen molar-refractivity contribution in [1.29, 1.82) is 0 Å². The Morgan fingerprint density at radius 2 is 2.26 bits per heavy atom. The highest BCUT2D eigenvalue weighted by Gasteiger charge is 2.27. The maximum Gasteiger partial charge on any atom is 0.346 e. The Labute approximate surface area is 116 Å². The van der Waals surface area contributed by atoms with Crippen LogP contribution in [0.5, 0.6) is 0 Å². The molecule has 1 aliphatic carbocycles. The number of carbonyl (C=O) groups is 2. The van der Waals surface area contributed by atoms with Gasteiger partial charge in [-0.25, -0.2) is 9.78 Å². The number of nitrogens with zero attached hydrogens (tertiary/aromatic N) is 4. The maximum absolute atomic E-state index is 12.0. The van der Waals surface area contributed by atoms with E-state index in [9.17, 15) is 9.59 Å². The first-order valence-electron chi connectivity index (χ1n) is 6.56. The lowest BCUT2D eigenvalue weighted by atomic mass is 10.3. The normalized spacial score (nSPS) is 18.8. The van der Waals surface area contributed by atoms with Gasteiger partial charge in [0.25, 0.3) is 0 Å². The van der Waals surface area contributed by atoms with Crippen molar-refractivity contribution in [3.05, 3.63) is 6.33 Å². The van der Waals surface area contributed by atoms with Crippen molar-refractivity contribution in [1.82, 2.24) is 19.7 Å². The van der Waals surface area contributed by atoms with Crippen molar-refractivity contribution in [2.75, 3.05) is 13.1 Å². The molecule has 7 heteroatoms. The van der Waals surface area contributed by atoms with Gasteiger partial charge in [0.1, 0.15) is 12.1 Å². The smallest absolute Gasteiger partial charge is 0.323 e. The Kier molecular flexibility index (Phi) is 4.57. The van der Waals surface area contributed by atoms with E-state index >= 15 is 0 Å². The average Bonchev–Trinajstić information content (AvgIpc) is 3.02. The minimum atomic E-state index is -0.179. The highest BCUT2D eigenvalue weighted by Crippen LogP contribution is 2.30. The quantitative estimate of drug-likeness (QED) is 0.842. The minimum absolute atomic E-state index is 0.0422. The summed E-state index contributed by atoms with van der Waals surface area (Å²) in [5.41, 5.74) is 0. The molecule has 0 aliphatic heterocycles. The molecule has 0 saturated heterocycles. The Bertz CT molecular complexity index is 470. The number of Topliss-reactive ketones (excluding diaryl/α,β-unsaturated/α-hetero) is 1. The van der Waals surface area contributed by atoms with Gasteiger partial charge in [-0.1, -0.05) is 11.8 Å². The van der Waals surface area contributed by atoms with Gasteiger partial charge in [0.2, 0.25) is 5.16 Å². The third-order valence-electron chi connectivity index (χ3n) is 3.20. The molecule has 1 unspecified atom stereocenters. The second kappa shape index (κ2) is 6.18. The van der Waals surface area contributed by atoms with Crippen LogP contribution in [0.4, 0.5) is 4.79 Å². The van der Waals surface area contributed by atoms with Crippen LogP contribution in [0.25, 0.3) is 0 Å². The van der Waals surface area contributed by atoms with Crippen molar-refractivity contribution in [3.8, 4) is 0 Å². The van der Waals surface area contributed by atoms with E-state index in [4.69, 9.17) is 0 Å². The molecule has 6 nitrogen and oxygen atoms in total. The molecule has 1 saturated carbocycles. The van der Waals surface area contributed by atoms with Crippen molar-refractivity contribution in [2.24, 2.45) is 0 Å². The molecule has 19 heavy (non-hydrogen) atoms. The Hall–Kier alpha value is -1.37. The van der Waals surface area contributed by atoms with Crippen molar-refractivity contribution in [2.45, 2.75) is 43.5 Å². The fraction of sp³-hybridized carbons (Fsp3) is 0.667. The Morgan fingerprint density at radius 1 is 1.53 bits per heavy atom. The van der Waals surface area contributed by atoms with Crippen LogP contribution in [-0.2, 0) is 4.79 Å². The summed E-state index contributed by atoms with van der Waals surface area (Å²) in [7, 11) is 0. The standard InChI is InChI=1S/C12H18N4O2S/c1-3-15(4-2)12(18)16-8-13-11(14-16)19-10-7-5-6-9(10)17/h8,10H,3-7H2,1-2H3. The van der Waals surface area contributed by atoms with Gasteiger partial charge in [-0.15, -0.1) is 5.10 Å². The second-order valence-corrected chi connectivity index (χ2v) is 5.56. The number of hydrogen-bond acceptors (Lipinski definition) is 5. The van der Waals surface area contributed by atoms with Crippen LogP contribution in [0.2, 0.25) is 0 Å². The third-order valence-corrected chi connectivity index (χ3v) is 4.38. The van der Waals surface area contributed by atoms with E-state index in [0.717, 1.165) is 12.8 Å². The average molecular weight is 282 g/mol. The number of ketones is 1. The van der Waals surface area contributed by atoms with Crippen LogP contribution >= 0.6 is 11.8 Å². The monoisotopic (exact) mass is 282 g/mol. The van der Waals surface area contributed by atoms with Crippen molar-refractivity contribution in [3.63, 3.8) is 0 Å². The zero-order valence-corrected chi connectivity index (χ0v) is 12.0. The predicted molar refractivity (Wildman–Crippen MR) is 72.2 cm³/mol. The zero-order valence-electron chi connectivity index (χ0n) is 11.2. The zero-order chi connectivity index (χ0) is 13.8. The molecule has 1 aliphatic rings. The van der Waals surface area contributed by atoms with E-state index in [1.54, 1.807) is 4.90 Å². The first-order valence-corrected chi connectivity index (χ1v) is 7.44. The van der Waals surface area contributed by atoms with E-state index in [0.29, 0.717) is 24.7 Å². The highest BCUT2D eigenvalue weighted by atomic mass is 32.2. The second-order valence-electron chi connectivity index (χ2n) is 4.39. The molecule has 0 N–H and O–H groups in total. The summed E-state index contributed by atoms with van der Waals surface area (Å²) in [5, 5.41) is 4.61. The summed E-state index contributed by atoms with van der Waals surface area (Å²) in [6.07, 6.45) is 3.89. The van der Waals surface area contributed by atoms with Gasteiger partial charge in [-0.3, -0.25) is 4.79 Å². The van der Waals surface area contributed by atoms with Crippen LogP contribution in [0.15, 0.2) is 11.5 Å². The molecule has 1 atom stereocenters. The first kappa shape index (κ1) is 14.0. The molecule has 1 fully saturated rings. The molecule has 1 amide bonds. The predicted octanol–water partition coefficient (Wildman–Crippen LogP) is 1.80. The molecule has 1 heterocycles. The molecule has 0 aromatic carbocycles. The fourth-order valence-electron chi connectivity index (χ4n) is 2.07. The van der Waals surface area contributed by atoms with Gasteiger partial charge >= 0.3 is 6.03 Å². The van der Waals surface area contributed by atoms with E-state index in [-0.39, 0.29) is 17.1 Å². The lowest BCUT2D eigenvalue weighted by Crippen LogP contribution is -2.34. The van der Waals surface area contributed by atoms with Gasteiger partial charge in [-0.2, -0.15) is 4.68 Å². The number of rotatable bonds is 4. The SMILES string of the molecule is CCN(CC)C(=O)n1cnc(SC2CCCC2=O)n1. The molecule has 2 rings (SSSR count). The number of amides is 1. The number of hydrogen-bond donors (Lipinski definition) is 0. The van der Waals surface area contributed by atoms with E-state index < -0.39 is 0 Å². The molecule has 0 bridgehead atoms. The van der Waals surface area contributed by atoms with E-state index in [1.807, 2.05) is 13.8 Å². The number of aromatic nitrogens is 3. The molecular weight excluding hydrogens is 264 g/mol.